The van der Waals surface area contributed by atoms with Crippen molar-refractivity contribution in [2.45, 2.75) is 19.4 Å². The monoisotopic (exact) mass is 312 g/mol. The van der Waals surface area contributed by atoms with Crippen LogP contribution >= 0.6 is 39.1 Å². The van der Waals surface area contributed by atoms with Crippen molar-refractivity contribution < 1.29 is 9.84 Å². The van der Waals surface area contributed by atoms with Crippen LogP contribution in [0.25, 0.3) is 0 Å². The minimum atomic E-state index is -0.900. The lowest BCUT2D eigenvalue weighted by atomic mass is 10.2. The van der Waals surface area contributed by atoms with Gasteiger partial charge in [0.15, 0.2) is 0 Å². The maximum absolute atomic E-state index is 9.48. The van der Waals surface area contributed by atoms with E-state index in [1.807, 2.05) is 0 Å². The van der Waals surface area contributed by atoms with Crippen molar-refractivity contribution >= 4 is 39.1 Å². The Labute approximate surface area is 107 Å². The Morgan fingerprint density at radius 1 is 1.33 bits per heavy atom. The minimum Gasteiger partial charge on any atom is -0.489 e. The average molecular weight is 314 g/mol. The lowest BCUT2D eigenvalue weighted by molar-refractivity contribution is 0.0285. The van der Waals surface area contributed by atoms with E-state index in [1.165, 1.54) is 0 Å². The van der Waals surface area contributed by atoms with E-state index in [2.05, 4.69) is 15.9 Å². The zero-order chi connectivity index (χ0) is 11.6. The molecule has 0 aliphatic rings. The van der Waals surface area contributed by atoms with Gasteiger partial charge in [0.2, 0.25) is 0 Å². The molecule has 1 aromatic rings. The molecule has 0 aliphatic heterocycles. The highest BCUT2D eigenvalue weighted by Crippen LogP contribution is 2.34. The van der Waals surface area contributed by atoms with Crippen LogP contribution in [0.3, 0.4) is 0 Å². The molecule has 0 atom stereocenters. The molecule has 1 rings (SSSR count). The number of hydrogen-bond donors (Lipinski definition) is 1. The van der Waals surface area contributed by atoms with Crippen molar-refractivity contribution in [3.8, 4) is 5.75 Å². The van der Waals surface area contributed by atoms with E-state index < -0.39 is 5.60 Å². The van der Waals surface area contributed by atoms with E-state index in [1.54, 1.807) is 26.0 Å². The number of aliphatic hydroxyl groups is 1. The summed E-state index contributed by atoms with van der Waals surface area (Å²) in [6, 6.07) is 3.27. The molecule has 0 aliphatic carbocycles. The fourth-order valence-corrected chi connectivity index (χ4v) is 1.72. The second-order valence-corrected chi connectivity index (χ2v) is 5.47. The SMILES string of the molecule is CC(C)(O)COc1cc(Cl)c(Br)cc1Cl. The Hall–Kier alpha value is 0.0400. The van der Waals surface area contributed by atoms with Crippen LogP contribution in [-0.2, 0) is 0 Å². The van der Waals surface area contributed by atoms with Gasteiger partial charge in [0.25, 0.3) is 0 Å². The highest BCUT2D eigenvalue weighted by atomic mass is 79.9. The third kappa shape index (κ3) is 4.19. The van der Waals surface area contributed by atoms with Gasteiger partial charge in [-0.05, 0) is 35.8 Å². The van der Waals surface area contributed by atoms with Crippen LogP contribution in [0.1, 0.15) is 13.8 Å². The molecule has 5 heteroatoms. The molecule has 0 spiro atoms. The molecular formula is C10H11BrCl2O2. The zero-order valence-electron chi connectivity index (χ0n) is 8.35. The summed E-state index contributed by atoms with van der Waals surface area (Å²) in [5.41, 5.74) is -0.900. The predicted molar refractivity (Wildman–Crippen MR) is 66.0 cm³/mol. The molecule has 0 radical (unpaired) electrons. The summed E-state index contributed by atoms with van der Waals surface area (Å²) >= 11 is 15.1. The molecule has 2 nitrogen and oxygen atoms in total. The summed E-state index contributed by atoms with van der Waals surface area (Å²) in [6.45, 7) is 3.47. The first-order valence-corrected chi connectivity index (χ1v) is 5.84. The Bertz CT molecular complexity index is 361. The summed E-state index contributed by atoms with van der Waals surface area (Å²) < 4.78 is 6.06. The van der Waals surface area contributed by atoms with Crippen LogP contribution in [0.5, 0.6) is 5.75 Å². The van der Waals surface area contributed by atoms with Crippen LogP contribution in [0, 0.1) is 0 Å². The van der Waals surface area contributed by atoms with Crippen molar-refractivity contribution in [1.29, 1.82) is 0 Å². The largest absolute Gasteiger partial charge is 0.489 e. The van der Waals surface area contributed by atoms with Gasteiger partial charge in [0.1, 0.15) is 12.4 Å². The van der Waals surface area contributed by atoms with Crippen molar-refractivity contribution in [2.24, 2.45) is 0 Å². The quantitative estimate of drug-likeness (QED) is 0.857. The van der Waals surface area contributed by atoms with Gasteiger partial charge < -0.3 is 9.84 Å². The number of halogens is 3. The number of benzene rings is 1. The standard InChI is InChI=1S/C10H11BrCl2O2/c1-10(2,14)5-15-9-4-7(12)6(11)3-8(9)13/h3-4,14H,5H2,1-2H3. The third-order valence-corrected chi connectivity index (χ3v) is 3.05. The van der Waals surface area contributed by atoms with Gasteiger partial charge in [-0.1, -0.05) is 23.2 Å². The summed E-state index contributed by atoms with van der Waals surface area (Å²) in [5.74, 6) is 0.465. The third-order valence-electron chi connectivity index (χ3n) is 1.56. The first-order valence-electron chi connectivity index (χ1n) is 4.29. The molecule has 0 unspecified atom stereocenters. The van der Waals surface area contributed by atoms with Gasteiger partial charge >= 0.3 is 0 Å². The summed E-state index contributed by atoms with van der Waals surface area (Å²) in [5, 5.41) is 10.5. The fourth-order valence-electron chi connectivity index (χ4n) is 0.869. The molecule has 0 aromatic heterocycles. The highest BCUT2D eigenvalue weighted by Gasteiger charge is 2.15. The maximum Gasteiger partial charge on any atom is 0.139 e. The van der Waals surface area contributed by atoms with Gasteiger partial charge in [-0.25, -0.2) is 0 Å². The van der Waals surface area contributed by atoms with E-state index in [9.17, 15) is 5.11 Å². The van der Waals surface area contributed by atoms with Crippen molar-refractivity contribution in [3.63, 3.8) is 0 Å². The molecule has 0 heterocycles. The average Bonchev–Trinajstić information content (AvgIpc) is 2.07. The van der Waals surface area contributed by atoms with Crippen LogP contribution in [0.4, 0.5) is 0 Å². The Morgan fingerprint density at radius 3 is 2.47 bits per heavy atom. The first-order chi connectivity index (χ1) is 6.79. The van der Waals surface area contributed by atoms with E-state index in [0.717, 1.165) is 0 Å². The Kier molecular flexibility index (Phi) is 4.29. The second-order valence-electron chi connectivity index (χ2n) is 3.80. The van der Waals surface area contributed by atoms with Crippen LogP contribution in [-0.4, -0.2) is 17.3 Å². The first kappa shape index (κ1) is 13.1. The summed E-state index contributed by atoms with van der Waals surface area (Å²) in [6.07, 6.45) is 0. The van der Waals surface area contributed by atoms with Crippen molar-refractivity contribution in [3.05, 3.63) is 26.7 Å². The van der Waals surface area contributed by atoms with E-state index >= 15 is 0 Å². The van der Waals surface area contributed by atoms with Crippen LogP contribution < -0.4 is 4.74 Å². The van der Waals surface area contributed by atoms with Gasteiger partial charge in [0.05, 0.1) is 15.6 Å². The summed E-state index contributed by atoms with van der Waals surface area (Å²) in [7, 11) is 0. The molecule has 0 saturated heterocycles. The van der Waals surface area contributed by atoms with E-state index in [0.29, 0.717) is 20.3 Å². The molecule has 15 heavy (non-hydrogen) atoms. The summed E-state index contributed by atoms with van der Waals surface area (Å²) in [4.78, 5) is 0. The van der Waals surface area contributed by atoms with Crippen LogP contribution in [0.2, 0.25) is 10.0 Å². The Balaban J connectivity index is 2.82. The smallest absolute Gasteiger partial charge is 0.139 e. The molecule has 0 bridgehead atoms. The van der Waals surface area contributed by atoms with E-state index in [4.69, 9.17) is 27.9 Å². The molecular weight excluding hydrogens is 303 g/mol. The maximum atomic E-state index is 9.48. The number of rotatable bonds is 3. The molecule has 0 saturated carbocycles. The van der Waals surface area contributed by atoms with Gasteiger partial charge in [-0.3, -0.25) is 0 Å². The normalized spacial score (nSPS) is 11.6. The molecule has 1 N–H and O–H groups in total. The van der Waals surface area contributed by atoms with Crippen LogP contribution in [0.15, 0.2) is 16.6 Å². The lowest BCUT2D eigenvalue weighted by Crippen LogP contribution is -2.27. The van der Waals surface area contributed by atoms with Gasteiger partial charge in [0, 0.05) is 10.5 Å². The minimum absolute atomic E-state index is 0.157. The molecule has 84 valence electrons. The number of hydrogen-bond acceptors (Lipinski definition) is 2. The van der Waals surface area contributed by atoms with Crippen molar-refractivity contribution in [1.82, 2.24) is 0 Å². The fraction of sp³-hybridized carbons (Fsp3) is 0.400. The van der Waals surface area contributed by atoms with Gasteiger partial charge in [-0.2, -0.15) is 0 Å². The molecule has 1 aromatic carbocycles. The van der Waals surface area contributed by atoms with Crippen molar-refractivity contribution in [2.75, 3.05) is 6.61 Å². The molecule has 0 fully saturated rings. The lowest BCUT2D eigenvalue weighted by Gasteiger charge is -2.18. The van der Waals surface area contributed by atoms with E-state index in [-0.39, 0.29) is 6.61 Å². The highest BCUT2D eigenvalue weighted by molar-refractivity contribution is 9.10. The topological polar surface area (TPSA) is 29.5 Å². The second kappa shape index (κ2) is 4.91. The predicted octanol–water partition coefficient (Wildman–Crippen LogP) is 3.91. The Morgan fingerprint density at radius 2 is 1.93 bits per heavy atom. The number of ether oxygens (including phenoxy) is 1. The molecule has 0 amide bonds. The van der Waals surface area contributed by atoms with Gasteiger partial charge in [-0.15, -0.1) is 0 Å². The zero-order valence-corrected chi connectivity index (χ0v) is 11.4.